The molecule has 0 aliphatic heterocycles. The van der Waals surface area contributed by atoms with Crippen molar-refractivity contribution in [2.75, 3.05) is 0 Å². The van der Waals surface area contributed by atoms with Gasteiger partial charge in [-0.3, -0.25) is 0 Å². The van der Waals surface area contributed by atoms with Crippen LogP contribution in [0.5, 0.6) is 0 Å². The van der Waals surface area contributed by atoms with E-state index in [0.29, 0.717) is 0 Å². The van der Waals surface area contributed by atoms with Crippen LogP contribution in [0.15, 0.2) is 22.6 Å². The minimum atomic E-state index is -1.22. The molecule has 0 amide bonds. The molecule has 1 aromatic heterocycles. The van der Waals surface area contributed by atoms with Crippen molar-refractivity contribution in [2.45, 2.75) is 13.8 Å². The highest BCUT2D eigenvalue weighted by atomic mass is 16.4. The molecule has 1 aromatic carbocycles. The van der Waals surface area contributed by atoms with Crippen LogP contribution >= 0.6 is 0 Å². The van der Waals surface area contributed by atoms with Crippen molar-refractivity contribution < 1.29 is 14.3 Å². The van der Waals surface area contributed by atoms with Gasteiger partial charge in [0.15, 0.2) is 0 Å². The van der Waals surface area contributed by atoms with Gasteiger partial charge in [-0.2, -0.15) is 0 Å². The molecule has 0 aliphatic rings. The van der Waals surface area contributed by atoms with Gasteiger partial charge in [-0.15, -0.1) is 10.2 Å². The van der Waals surface area contributed by atoms with Crippen molar-refractivity contribution in [3.05, 3.63) is 35.2 Å². The summed E-state index contributed by atoms with van der Waals surface area (Å²) in [6.07, 6.45) is 0. The van der Waals surface area contributed by atoms with E-state index in [1.165, 1.54) is 0 Å². The topological polar surface area (TPSA) is 76.2 Å². The van der Waals surface area contributed by atoms with Crippen molar-refractivity contribution in [2.24, 2.45) is 0 Å². The van der Waals surface area contributed by atoms with E-state index in [4.69, 9.17) is 9.52 Å². The minimum absolute atomic E-state index is 0.235. The molecule has 0 atom stereocenters. The lowest BCUT2D eigenvalue weighted by molar-refractivity contribution is 0.0654. The highest BCUT2D eigenvalue weighted by Crippen LogP contribution is 2.23. The largest absolute Gasteiger partial charge is 0.474 e. The summed E-state index contributed by atoms with van der Waals surface area (Å²) in [5, 5.41) is 15.8. The van der Waals surface area contributed by atoms with Gasteiger partial charge in [0.2, 0.25) is 5.89 Å². The zero-order chi connectivity index (χ0) is 11.7. The Morgan fingerprint density at radius 3 is 2.69 bits per heavy atom. The molecule has 0 radical (unpaired) electrons. The number of aromatic carboxylic acids is 1. The Bertz CT molecular complexity index is 546. The third-order valence-electron chi connectivity index (χ3n) is 2.44. The number of hydrogen-bond donors (Lipinski definition) is 1. The summed E-state index contributed by atoms with van der Waals surface area (Å²) in [6, 6.07) is 5.65. The summed E-state index contributed by atoms with van der Waals surface area (Å²) in [6.45, 7) is 3.89. The fourth-order valence-electron chi connectivity index (χ4n) is 1.40. The second-order valence-electron chi connectivity index (χ2n) is 3.46. The zero-order valence-corrected chi connectivity index (χ0v) is 8.89. The maximum absolute atomic E-state index is 10.6. The Hall–Kier alpha value is -2.17. The number of aromatic nitrogens is 2. The first-order chi connectivity index (χ1) is 7.59. The van der Waals surface area contributed by atoms with Crippen molar-refractivity contribution in [1.29, 1.82) is 0 Å². The normalized spacial score (nSPS) is 10.4. The van der Waals surface area contributed by atoms with E-state index >= 15 is 0 Å². The van der Waals surface area contributed by atoms with Gasteiger partial charge >= 0.3 is 11.9 Å². The maximum atomic E-state index is 10.6. The standard InChI is InChI=1S/C11H10N2O3/c1-6-4-3-5-8(7(6)2)9-12-13-10(16-9)11(14)15/h3-5H,1-2H3,(H,14,15). The Labute approximate surface area is 91.7 Å². The average Bonchev–Trinajstić information content (AvgIpc) is 2.71. The van der Waals surface area contributed by atoms with Gasteiger partial charge in [-0.25, -0.2) is 4.79 Å². The van der Waals surface area contributed by atoms with E-state index in [1.807, 2.05) is 32.0 Å². The Morgan fingerprint density at radius 1 is 1.31 bits per heavy atom. The predicted octanol–water partition coefficient (Wildman–Crippen LogP) is 2.05. The smallest absolute Gasteiger partial charge is 0.393 e. The molecular weight excluding hydrogens is 208 g/mol. The van der Waals surface area contributed by atoms with Crippen LogP contribution < -0.4 is 0 Å². The fraction of sp³-hybridized carbons (Fsp3) is 0.182. The first-order valence-corrected chi connectivity index (χ1v) is 4.73. The van der Waals surface area contributed by atoms with Crippen molar-refractivity contribution >= 4 is 5.97 Å². The van der Waals surface area contributed by atoms with Gasteiger partial charge in [0.25, 0.3) is 0 Å². The number of carboxylic acid groups (broad SMARTS) is 1. The van der Waals surface area contributed by atoms with Gasteiger partial charge < -0.3 is 9.52 Å². The quantitative estimate of drug-likeness (QED) is 0.834. The third kappa shape index (κ3) is 1.67. The summed E-state index contributed by atoms with van der Waals surface area (Å²) in [4.78, 5) is 10.6. The zero-order valence-electron chi connectivity index (χ0n) is 8.89. The van der Waals surface area contributed by atoms with Crippen LogP contribution in [0.1, 0.15) is 21.8 Å². The lowest BCUT2D eigenvalue weighted by Crippen LogP contribution is -1.95. The lowest BCUT2D eigenvalue weighted by Gasteiger charge is -2.03. The van der Waals surface area contributed by atoms with Crippen LogP contribution in [0, 0.1) is 13.8 Å². The predicted molar refractivity (Wildman–Crippen MR) is 56.2 cm³/mol. The molecular formula is C11H10N2O3. The fourth-order valence-corrected chi connectivity index (χ4v) is 1.40. The lowest BCUT2D eigenvalue weighted by atomic mass is 10.0. The minimum Gasteiger partial charge on any atom is -0.474 e. The van der Waals surface area contributed by atoms with Crippen LogP contribution in [-0.2, 0) is 0 Å². The molecule has 1 heterocycles. The van der Waals surface area contributed by atoms with E-state index in [9.17, 15) is 4.79 Å². The molecule has 2 rings (SSSR count). The number of aryl methyl sites for hydroxylation is 1. The molecule has 0 aliphatic carbocycles. The second kappa shape index (κ2) is 3.77. The molecule has 5 heteroatoms. The molecule has 2 aromatic rings. The molecule has 1 N–H and O–H groups in total. The number of benzene rings is 1. The molecule has 0 fully saturated rings. The van der Waals surface area contributed by atoms with Crippen molar-refractivity contribution in [3.63, 3.8) is 0 Å². The van der Waals surface area contributed by atoms with Crippen molar-refractivity contribution in [1.82, 2.24) is 10.2 Å². The van der Waals surface area contributed by atoms with E-state index in [0.717, 1.165) is 16.7 Å². The molecule has 0 saturated carbocycles. The number of hydrogen-bond acceptors (Lipinski definition) is 4. The van der Waals surface area contributed by atoms with Crippen LogP contribution in [0.3, 0.4) is 0 Å². The molecule has 0 spiro atoms. The van der Waals surface area contributed by atoms with Crippen molar-refractivity contribution in [3.8, 4) is 11.5 Å². The first kappa shape index (κ1) is 10.4. The van der Waals surface area contributed by atoms with Crippen LogP contribution in [-0.4, -0.2) is 21.3 Å². The molecule has 0 saturated heterocycles. The van der Waals surface area contributed by atoms with Gasteiger partial charge in [-0.1, -0.05) is 12.1 Å². The van der Waals surface area contributed by atoms with Gasteiger partial charge in [0.05, 0.1) is 0 Å². The summed E-state index contributed by atoms with van der Waals surface area (Å²) in [5.41, 5.74) is 2.86. The van der Waals surface area contributed by atoms with Gasteiger partial charge in [0.1, 0.15) is 0 Å². The monoisotopic (exact) mass is 218 g/mol. The summed E-state index contributed by atoms with van der Waals surface area (Å²) >= 11 is 0. The molecule has 5 nitrogen and oxygen atoms in total. The molecule has 16 heavy (non-hydrogen) atoms. The Morgan fingerprint density at radius 2 is 2.06 bits per heavy atom. The van der Waals surface area contributed by atoms with E-state index < -0.39 is 11.9 Å². The Balaban J connectivity index is 2.50. The van der Waals surface area contributed by atoms with Crippen LogP contribution in [0.4, 0.5) is 0 Å². The Kier molecular flexibility index (Phi) is 2.44. The van der Waals surface area contributed by atoms with E-state index in [2.05, 4.69) is 10.2 Å². The van der Waals surface area contributed by atoms with Gasteiger partial charge in [-0.05, 0) is 31.0 Å². The van der Waals surface area contributed by atoms with Crippen LogP contribution in [0.2, 0.25) is 0 Å². The average molecular weight is 218 g/mol. The molecule has 82 valence electrons. The maximum Gasteiger partial charge on any atom is 0.393 e. The van der Waals surface area contributed by atoms with E-state index in [-0.39, 0.29) is 5.89 Å². The SMILES string of the molecule is Cc1cccc(-c2nnc(C(=O)O)o2)c1C. The number of carbonyl (C=O) groups is 1. The summed E-state index contributed by atoms with van der Waals surface area (Å²) in [7, 11) is 0. The summed E-state index contributed by atoms with van der Waals surface area (Å²) in [5.74, 6) is -1.38. The highest BCUT2D eigenvalue weighted by molar-refractivity contribution is 5.82. The number of rotatable bonds is 2. The van der Waals surface area contributed by atoms with Crippen LogP contribution in [0.25, 0.3) is 11.5 Å². The third-order valence-corrected chi connectivity index (χ3v) is 2.44. The first-order valence-electron chi connectivity index (χ1n) is 4.73. The second-order valence-corrected chi connectivity index (χ2v) is 3.46. The van der Waals surface area contributed by atoms with Gasteiger partial charge in [0, 0.05) is 5.56 Å². The molecule has 0 unspecified atom stereocenters. The number of nitrogens with zero attached hydrogens (tertiary/aromatic N) is 2. The highest BCUT2D eigenvalue weighted by Gasteiger charge is 2.15. The van der Waals surface area contributed by atoms with E-state index in [1.54, 1.807) is 0 Å². The summed E-state index contributed by atoms with van der Waals surface area (Å²) < 4.78 is 5.05. The molecule has 0 bridgehead atoms. The number of carboxylic acids is 1.